The van der Waals surface area contributed by atoms with Crippen molar-refractivity contribution in [1.29, 1.82) is 0 Å². The Balaban J connectivity index is 1.86. The van der Waals surface area contributed by atoms with E-state index in [1.807, 2.05) is 30.3 Å². The van der Waals surface area contributed by atoms with Crippen molar-refractivity contribution in [3.8, 4) is 11.5 Å². The van der Waals surface area contributed by atoms with Gasteiger partial charge >= 0.3 is 0 Å². The van der Waals surface area contributed by atoms with E-state index in [9.17, 15) is 0 Å². The van der Waals surface area contributed by atoms with Crippen LogP contribution >= 0.6 is 0 Å². The Hall–Kier alpha value is -2.63. The first-order valence-electron chi connectivity index (χ1n) is 5.88. The van der Waals surface area contributed by atoms with Gasteiger partial charge in [-0.25, -0.2) is 0 Å². The molecule has 19 heavy (non-hydrogen) atoms. The van der Waals surface area contributed by atoms with Crippen LogP contribution in [0.15, 0.2) is 41.1 Å². The van der Waals surface area contributed by atoms with Crippen LogP contribution in [0.25, 0.3) is 11.5 Å². The Bertz CT molecular complexity index is 686. The molecular formula is C13H13N5O. The molecule has 2 aromatic heterocycles. The van der Waals surface area contributed by atoms with Crippen LogP contribution in [0.1, 0.15) is 11.4 Å². The molecule has 6 nitrogen and oxygen atoms in total. The smallest absolute Gasteiger partial charge is 0.263 e. The summed E-state index contributed by atoms with van der Waals surface area (Å²) < 4.78 is 6.79. The molecule has 96 valence electrons. The van der Waals surface area contributed by atoms with Crippen molar-refractivity contribution in [3.63, 3.8) is 0 Å². The van der Waals surface area contributed by atoms with E-state index in [0.29, 0.717) is 29.5 Å². The first-order valence-corrected chi connectivity index (χ1v) is 5.88. The van der Waals surface area contributed by atoms with Gasteiger partial charge in [-0.1, -0.05) is 35.5 Å². The van der Waals surface area contributed by atoms with Gasteiger partial charge in [0.05, 0.1) is 6.20 Å². The molecule has 0 atom stereocenters. The summed E-state index contributed by atoms with van der Waals surface area (Å²) in [5, 5.41) is 8.01. The number of anilines is 1. The van der Waals surface area contributed by atoms with Gasteiger partial charge in [-0.15, -0.1) is 0 Å². The topological polar surface area (TPSA) is 82.8 Å². The maximum absolute atomic E-state index is 5.87. The zero-order valence-corrected chi connectivity index (χ0v) is 10.4. The summed E-state index contributed by atoms with van der Waals surface area (Å²) in [6.45, 7) is 0. The minimum Gasteiger partial charge on any atom is -0.383 e. The standard InChI is InChI=1S/C13H13N5O/c1-18-12(14)10(8-15-18)13-16-11(17-19-13)7-9-5-3-2-4-6-9/h2-6,8H,7,14H2,1H3. The summed E-state index contributed by atoms with van der Waals surface area (Å²) in [6.07, 6.45) is 2.25. The molecule has 3 rings (SSSR count). The van der Waals surface area contributed by atoms with Crippen LogP contribution < -0.4 is 5.73 Å². The zero-order valence-electron chi connectivity index (χ0n) is 10.4. The monoisotopic (exact) mass is 255 g/mol. The highest BCUT2D eigenvalue weighted by Gasteiger charge is 2.15. The summed E-state index contributed by atoms with van der Waals surface area (Å²) in [5.41, 5.74) is 7.66. The summed E-state index contributed by atoms with van der Waals surface area (Å²) in [6, 6.07) is 9.98. The molecule has 0 spiro atoms. The highest BCUT2D eigenvalue weighted by molar-refractivity contribution is 5.66. The quantitative estimate of drug-likeness (QED) is 0.769. The summed E-state index contributed by atoms with van der Waals surface area (Å²) >= 11 is 0. The van der Waals surface area contributed by atoms with E-state index in [2.05, 4.69) is 15.2 Å². The number of rotatable bonds is 3. The van der Waals surface area contributed by atoms with Crippen molar-refractivity contribution < 1.29 is 4.52 Å². The molecule has 2 N–H and O–H groups in total. The van der Waals surface area contributed by atoms with Crippen LogP contribution in [0, 0.1) is 0 Å². The maximum Gasteiger partial charge on any atom is 0.263 e. The number of nitrogens with two attached hydrogens (primary N) is 1. The molecule has 0 saturated carbocycles. The Morgan fingerprint density at radius 3 is 2.74 bits per heavy atom. The highest BCUT2D eigenvalue weighted by atomic mass is 16.5. The SMILES string of the molecule is Cn1ncc(-c2nc(Cc3ccccc3)no2)c1N. The van der Waals surface area contributed by atoms with E-state index in [1.165, 1.54) is 0 Å². The van der Waals surface area contributed by atoms with Gasteiger partial charge in [0.25, 0.3) is 5.89 Å². The lowest BCUT2D eigenvalue weighted by Crippen LogP contribution is -1.98. The summed E-state index contributed by atoms with van der Waals surface area (Å²) in [7, 11) is 1.76. The number of nitrogen functional groups attached to an aromatic ring is 1. The molecule has 0 aliphatic heterocycles. The molecule has 0 aliphatic carbocycles. The van der Waals surface area contributed by atoms with E-state index >= 15 is 0 Å². The van der Waals surface area contributed by atoms with E-state index in [4.69, 9.17) is 10.3 Å². The second-order valence-corrected chi connectivity index (χ2v) is 4.25. The second-order valence-electron chi connectivity index (χ2n) is 4.25. The molecule has 0 unspecified atom stereocenters. The minimum absolute atomic E-state index is 0.400. The van der Waals surface area contributed by atoms with Gasteiger partial charge in [0.1, 0.15) is 11.4 Å². The van der Waals surface area contributed by atoms with Gasteiger partial charge < -0.3 is 10.3 Å². The van der Waals surface area contributed by atoms with E-state index in [0.717, 1.165) is 5.56 Å². The van der Waals surface area contributed by atoms with Gasteiger partial charge in [-0.3, -0.25) is 4.68 Å². The Kier molecular flexibility index (Phi) is 2.75. The lowest BCUT2D eigenvalue weighted by Gasteiger charge is -1.94. The largest absolute Gasteiger partial charge is 0.383 e. The first kappa shape index (κ1) is 11.5. The van der Waals surface area contributed by atoms with Gasteiger partial charge in [0, 0.05) is 13.5 Å². The third-order valence-electron chi connectivity index (χ3n) is 2.89. The number of nitrogens with zero attached hydrogens (tertiary/aromatic N) is 4. The maximum atomic E-state index is 5.87. The molecule has 6 heteroatoms. The lowest BCUT2D eigenvalue weighted by atomic mass is 10.1. The molecule has 3 aromatic rings. The Morgan fingerprint density at radius 1 is 1.26 bits per heavy atom. The molecule has 0 fully saturated rings. The van der Waals surface area contributed by atoms with Crippen molar-refractivity contribution in [2.45, 2.75) is 6.42 Å². The summed E-state index contributed by atoms with van der Waals surface area (Å²) in [4.78, 5) is 4.34. The van der Waals surface area contributed by atoms with E-state index < -0.39 is 0 Å². The van der Waals surface area contributed by atoms with Crippen molar-refractivity contribution in [2.75, 3.05) is 5.73 Å². The normalized spacial score (nSPS) is 10.8. The molecular weight excluding hydrogens is 242 g/mol. The average Bonchev–Trinajstić information content (AvgIpc) is 3.00. The number of aryl methyl sites for hydroxylation is 1. The molecule has 0 bridgehead atoms. The minimum atomic E-state index is 0.400. The second kappa shape index (κ2) is 4.56. The number of hydrogen-bond donors (Lipinski definition) is 1. The lowest BCUT2D eigenvalue weighted by molar-refractivity contribution is 0.424. The van der Waals surface area contributed by atoms with Crippen LogP contribution in [0.5, 0.6) is 0 Å². The fourth-order valence-corrected chi connectivity index (χ4v) is 1.83. The van der Waals surface area contributed by atoms with E-state index in [-0.39, 0.29) is 0 Å². The van der Waals surface area contributed by atoms with E-state index in [1.54, 1.807) is 17.9 Å². The molecule has 1 aromatic carbocycles. The van der Waals surface area contributed by atoms with Gasteiger partial charge in [0.2, 0.25) is 0 Å². The van der Waals surface area contributed by atoms with Crippen LogP contribution in [0.2, 0.25) is 0 Å². The van der Waals surface area contributed by atoms with Gasteiger partial charge in [-0.2, -0.15) is 10.1 Å². The van der Waals surface area contributed by atoms with Crippen LogP contribution in [-0.2, 0) is 13.5 Å². The number of aromatic nitrogens is 4. The molecule has 0 amide bonds. The third-order valence-corrected chi connectivity index (χ3v) is 2.89. The van der Waals surface area contributed by atoms with Crippen LogP contribution in [0.4, 0.5) is 5.82 Å². The molecule has 0 aliphatic rings. The van der Waals surface area contributed by atoms with Crippen LogP contribution in [0.3, 0.4) is 0 Å². The fraction of sp³-hybridized carbons (Fsp3) is 0.154. The predicted octanol–water partition coefficient (Wildman–Crippen LogP) is 1.64. The van der Waals surface area contributed by atoms with Crippen molar-refractivity contribution in [3.05, 3.63) is 47.9 Å². The Labute approximate surface area is 109 Å². The number of hydrogen-bond acceptors (Lipinski definition) is 5. The van der Waals surface area contributed by atoms with Crippen LogP contribution in [-0.4, -0.2) is 19.9 Å². The van der Waals surface area contributed by atoms with Gasteiger partial charge in [-0.05, 0) is 5.56 Å². The molecule has 0 radical (unpaired) electrons. The molecule has 2 heterocycles. The molecule has 0 saturated heterocycles. The zero-order chi connectivity index (χ0) is 13.2. The third kappa shape index (κ3) is 2.20. The van der Waals surface area contributed by atoms with Crippen molar-refractivity contribution in [1.82, 2.24) is 19.9 Å². The van der Waals surface area contributed by atoms with Crippen molar-refractivity contribution in [2.24, 2.45) is 7.05 Å². The summed E-state index contributed by atoms with van der Waals surface area (Å²) in [5.74, 6) is 1.54. The number of benzene rings is 1. The van der Waals surface area contributed by atoms with Gasteiger partial charge in [0.15, 0.2) is 5.82 Å². The average molecular weight is 255 g/mol. The van der Waals surface area contributed by atoms with Crippen molar-refractivity contribution >= 4 is 5.82 Å². The first-order chi connectivity index (χ1) is 9.24. The fourth-order valence-electron chi connectivity index (χ4n) is 1.83. The Morgan fingerprint density at radius 2 is 2.05 bits per heavy atom. The highest BCUT2D eigenvalue weighted by Crippen LogP contribution is 2.23. The predicted molar refractivity (Wildman–Crippen MR) is 70.2 cm³/mol.